The number of allylic oxidation sites excluding steroid dienone is 4. The lowest BCUT2D eigenvalue weighted by atomic mass is 9.45. The molecule has 4 aliphatic carbocycles. The van der Waals surface area contributed by atoms with E-state index in [0.717, 1.165) is 34.2 Å². The third-order valence-corrected chi connectivity index (χ3v) is 11.4. The minimum atomic E-state index is -1.47. The third-order valence-electron chi connectivity index (χ3n) is 10.4. The predicted molar refractivity (Wildman–Crippen MR) is 145 cm³/mol. The molecule has 194 valence electrons. The zero-order valence-corrected chi connectivity index (χ0v) is 22.5. The summed E-state index contributed by atoms with van der Waals surface area (Å²) in [4.78, 5) is 31.4. The molecule has 3 fully saturated rings. The van der Waals surface area contributed by atoms with E-state index in [0.29, 0.717) is 12.8 Å². The van der Waals surface area contributed by atoms with Crippen LogP contribution in [-0.4, -0.2) is 44.2 Å². The molecule has 0 spiro atoms. The number of para-hydroxylation sites is 1. The van der Waals surface area contributed by atoms with Crippen molar-refractivity contribution in [2.45, 2.75) is 63.1 Å². The Morgan fingerprint density at radius 1 is 1.22 bits per heavy atom. The topological polar surface area (TPSA) is 87.5 Å². The number of hydrogen-bond acceptors (Lipinski definition) is 6. The summed E-state index contributed by atoms with van der Waals surface area (Å²) in [5.74, 6) is 0.559. The Labute approximate surface area is 222 Å². The van der Waals surface area contributed by atoms with Gasteiger partial charge in [-0.25, -0.2) is 0 Å². The normalized spacial score (nSPS) is 40.6. The van der Waals surface area contributed by atoms with E-state index in [9.17, 15) is 19.8 Å². The smallest absolute Gasteiger partial charge is 0.178 e. The Morgan fingerprint density at radius 2 is 2.00 bits per heavy atom. The summed E-state index contributed by atoms with van der Waals surface area (Å²) in [5.41, 5.74) is -0.540. The van der Waals surface area contributed by atoms with Crippen molar-refractivity contribution in [1.82, 2.24) is 4.98 Å². The van der Waals surface area contributed by atoms with Gasteiger partial charge in [0.25, 0.3) is 0 Å². The fourth-order valence-electron chi connectivity index (χ4n) is 8.67. The van der Waals surface area contributed by atoms with Gasteiger partial charge in [0.15, 0.2) is 11.6 Å². The highest BCUT2D eigenvalue weighted by molar-refractivity contribution is 8.00. The molecule has 1 heterocycles. The molecule has 2 N–H and O–H groups in total. The third kappa shape index (κ3) is 3.55. The average molecular weight is 518 g/mol. The first-order valence-corrected chi connectivity index (χ1v) is 14.4. The number of Topliss-reactive ketones (excluding diaryl/α,β-unsaturated/α-hetero) is 1. The van der Waals surface area contributed by atoms with E-state index in [-0.39, 0.29) is 46.4 Å². The lowest BCUT2D eigenvalue weighted by molar-refractivity contribution is -0.176. The highest BCUT2D eigenvalue weighted by Crippen LogP contribution is 2.67. The first-order valence-electron chi connectivity index (χ1n) is 13.4. The van der Waals surface area contributed by atoms with Crippen molar-refractivity contribution in [1.29, 1.82) is 0 Å². The second-order valence-corrected chi connectivity index (χ2v) is 13.2. The van der Waals surface area contributed by atoms with Crippen LogP contribution in [0.15, 0.2) is 65.2 Å². The largest absolute Gasteiger partial charge is 0.393 e. The molecule has 1 aromatic carbocycles. The van der Waals surface area contributed by atoms with E-state index in [1.165, 1.54) is 11.8 Å². The minimum Gasteiger partial charge on any atom is -0.393 e. The number of aliphatic hydroxyl groups is 2. The van der Waals surface area contributed by atoms with Crippen LogP contribution in [0.2, 0.25) is 0 Å². The molecule has 6 heteroatoms. The molecule has 0 aliphatic heterocycles. The number of rotatable bonds is 4. The van der Waals surface area contributed by atoms with Crippen molar-refractivity contribution in [3.63, 3.8) is 0 Å². The molecule has 0 saturated heterocycles. The predicted octanol–water partition coefficient (Wildman–Crippen LogP) is 5.15. The molecular weight excluding hydrogens is 482 g/mol. The van der Waals surface area contributed by atoms with Crippen LogP contribution in [0.25, 0.3) is 10.9 Å². The molecule has 5 unspecified atom stereocenters. The zero-order valence-electron chi connectivity index (χ0n) is 21.7. The number of carbonyl (C=O) groups is 2. The van der Waals surface area contributed by atoms with Crippen LogP contribution < -0.4 is 0 Å². The second kappa shape index (κ2) is 8.62. The summed E-state index contributed by atoms with van der Waals surface area (Å²) < 4.78 is 0. The Kier molecular flexibility index (Phi) is 5.83. The summed E-state index contributed by atoms with van der Waals surface area (Å²) in [5, 5.41) is 24.7. The summed E-state index contributed by atoms with van der Waals surface area (Å²) >= 11 is 1.44. The van der Waals surface area contributed by atoms with Crippen molar-refractivity contribution >= 4 is 34.2 Å². The summed E-state index contributed by atoms with van der Waals surface area (Å²) in [6, 6.07) is 9.86. The van der Waals surface area contributed by atoms with Crippen LogP contribution in [0.1, 0.15) is 46.5 Å². The van der Waals surface area contributed by atoms with Crippen LogP contribution in [0, 0.1) is 34.5 Å². The standard InChI is InChI=1S/C31H35NO4S/c1-18-14-21-22-10-12-31(36,26(35)17-37-25-8-4-6-19-7-5-13-32-28(19)25)30(22,3)16-24(34)27(21)29(2)11-9-20(33)15-23(18)29/h4-9,11,13,15,18,21-22,24,27,34,36H,10,12,14,16-17H2,1-3H3/t18-,21?,22?,24-,27?,29?,30?,31-/m0/s1. The molecule has 1 aromatic heterocycles. The molecule has 0 amide bonds. The van der Waals surface area contributed by atoms with E-state index >= 15 is 0 Å². The van der Waals surface area contributed by atoms with E-state index in [1.54, 1.807) is 18.3 Å². The number of aromatic nitrogens is 1. The van der Waals surface area contributed by atoms with Gasteiger partial charge in [0.2, 0.25) is 0 Å². The first-order chi connectivity index (χ1) is 17.6. The average Bonchev–Trinajstić information content (AvgIpc) is 3.14. The molecule has 37 heavy (non-hydrogen) atoms. The van der Waals surface area contributed by atoms with Gasteiger partial charge in [0, 0.05) is 33.2 Å². The quantitative estimate of drug-likeness (QED) is 0.546. The summed E-state index contributed by atoms with van der Waals surface area (Å²) in [6.45, 7) is 6.36. The van der Waals surface area contributed by atoms with Gasteiger partial charge in [-0.05, 0) is 67.7 Å². The van der Waals surface area contributed by atoms with E-state index in [1.807, 2.05) is 43.3 Å². The number of hydrogen-bond donors (Lipinski definition) is 2. The molecular formula is C31H35NO4S. The zero-order chi connectivity index (χ0) is 26.2. The van der Waals surface area contributed by atoms with Crippen molar-refractivity contribution < 1.29 is 19.8 Å². The highest BCUT2D eigenvalue weighted by atomic mass is 32.2. The van der Waals surface area contributed by atoms with Crippen molar-refractivity contribution in [3.05, 3.63) is 60.3 Å². The van der Waals surface area contributed by atoms with E-state index < -0.39 is 17.1 Å². The number of fused-ring (bicyclic) bond motifs is 6. The molecule has 8 atom stereocenters. The maximum absolute atomic E-state index is 13.8. The van der Waals surface area contributed by atoms with Gasteiger partial charge in [0.1, 0.15) is 5.60 Å². The SMILES string of the molecule is C[C@H]1CC2C([C@@H](O)CC3(C)C2CC[C@]3(O)C(=O)CSc2cccc3cccnc23)C2(C)C=CC(=O)C=C12. The monoisotopic (exact) mass is 517 g/mol. The van der Waals surface area contributed by atoms with Gasteiger partial charge < -0.3 is 10.2 Å². The molecule has 6 rings (SSSR count). The lowest BCUT2D eigenvalue weighted by Gasteiger charge is -2.60. The fourth-order valence-corrected chi connectivity index (χ4v) is 9.68. The van der Waals surface area contributed by atoms with Gasteiger partial charge in [-0.1, -0.05) is 50.6 Å². The number of ketones is 2. The van der Waals surface area contributed by atoms with Gasteiger partial charge in [-0.3, -0.25) is 14.6 Å². The number of pyridine rings is 1. The fraction of sp³-hybridized carbons (Fsp3) is 0.516. The Morgan fingerprint density at radius 3 is 2.81 bits per heavy atom. The van der Waals surface area contributed by atoms with Crippen LogP contribution in [-0.2, 0) is 9.59 Å². The lowest BCUT2D eigenvalue weighted by Crippen LogP contribution is -2.62. The first kappa shape index (κ1) is 25.0. The molecule has 0 radical (unpaired) electrons. The number of nitrogens with zero attached hydrogens (tertiary/aromatic N) is 1. The molecule has 4 aliphatic rings. The number of benzene rings is 1. The maximum Gasteiger partial charge on any atom is 0.178 e. The Balaban J connectivity index is 1.28. The molecule has 2 aromatic rings. The Hall–Kier alpha value is -2.28. The summed E-state index contributed by atoms with van der Waals surface area (Å²) in [6.07, 6.45) is 8.99. The molecule has 0 bridgehead atoms. The summed E-state index contributed by atoms with van der Waals surface area (Å²) in [7, 11) is 0. The van der Waals surface area contributed by atoms with Crippen molar-refractivity contribution in [3.8, 4) is 0 Å². The minimum absolute atomic E-state index is 0.0210. The van der Waals surface area contributed by atoms with Gasteiger partial charge in [0.05, 0.1) is 17.4 Å². The van der Waals surface area contributed by atoms with Crippen molar-refractivity contribution in [2.24, 2.45) is 34.5 Å². The van der Waals surface area contributed by atoms with Crippen LogP contribution in [0.5, 0.6) is 0 Å². The number of aliphatic hydroxyl groups excluding tert-OH is 1. The van der Waals surface area contributed by atoms with E-state index in [4.69, 9.17) is 0 Å². The van der Waals surface area contributed by atoms with Gasteiger partial charge >= 0.3 is 0 Å². The highest BCUT2D eigenvalue weighted by Gasteiger charge is 2.68. The number of thioether (sulfide) groups is 1. The maximum atomic E-state index is 13.8. The number of carbonyl (C=O) groups excluding carboxylic acids is 2. The van der Waals surface area contributed by atoms with Crippen LogP contribution >= 0.6 is 11.8 Å². The van der Waals surface area contributed by atoms with Gasteiger partial charge in [-0.2, -0.15) is 0 Å². The van der Waals surface area contributed by atoms with E-state index in [2.05, 4.69) is 18.8 Å². The van der Waals surface area contributed by atoms with Crippen molar-refractivity contribution in [2.75, 3.05) is 5.75 Å². The van der Waals surface area contributed by atoms with Crippen LogP contribution in [0.4, 0.5) is 0 Å². The molecule has 3 saturated carbocycles. The van der Waals surface area contributed by atoms with Gasteiger partial charge in [-0.15, -0.1) is 11.8 Å². The van der Waals surface area contributed by atoms with Crippen LogP contribution in [0.3, 0.4) is 0 Å². The second-order valence-electron chi connectivity index (χ2n) is 12.2. The Bertz CT molecular complexity index is 1350. The molecule has 5 nitrogen and oxygen atoms in total.